The fourth-order valence-corrected chi connectivity index (χ4v) is 1.76. The van der Waals surface area contributed by atoms with E-state index in [2.05, 4.69) is 25.7 Å². The number of methoxy groups -OCH3 is 1. The van der Waals surface area contributed by atoms with Crippen LogP contribution >= 0.6 is 0 Å². The van der Waals surface area contributed by atoms with E-state index < -0.39 is 5.69 Å². The van der Waals surface area contributed by atoms with Gasteiger partial charge in [0, 0.05) is 0 Å². The molecule has 122 valence electrons. The lowest BCUT2D eigenvalue weighted by molar-refractivity contribution is 0.294. The van der Waals surface area contributed by atoms with Gasteiger partial charge in [-0.15, -0.1) is 0 Å². The summed E-state index contributed by atoms with van der Waals surface area (Å²) in [6.07, 6.45) is 2.52. The Hall–Kier alpha value is -2.90. The molecule has 8 heteroatoms. The summed E-state index contributed by atoms with van der Waals surface area (Å²) < 4.78 is 10.9. The van der Waals surface area contributed by atoms with Gasteiger partial charge in [-0.1, -0.05) is 6.92 Å². The molecular formula is C15H19N5O3. The van der Waals surface area contributed by atoms with E-state index in [9.17, 15) is 4.79 Å². The Kier molecular flexibility index (Phi) is 5.67. The molecule has 1 aromatic carbocycles. The van der Waals surface area contributed by atoms with Crippen LogP contribution in [0.4, 0.5) is 5.82 Å². The molecule has 0 aliphatic rings. The minimum absolute atomic E-state index is 0.305. The van der Waals surface area contributed by atoms with E-state index in [-0.39, 0.29) is 0 Å². The van der Waals surface area contributed by atoms with E-state index in [0.29, 0.717) is 29.6 Å². The van der Waals surface area contributed by atoms with Gasteiger partial charge in [-0.05, 0) is 37.1 Å². The molecular weight excluding hydrogens is 298 g/mol. The maximum absolute atomic E-state index is 11.1. The number of H-pyrrole nitrogens is 1. The average Bonchev–Trinajstić information content (AvgIpc) is 2.56. The molecule has 0 aliphatic heterocycles. The lowest BCUT2D eigenvalue weighted by atomic mass is 10.2. The predicted octanol–water partition coefficient (Wildman–Crippen LogP) is 1.72. The van der Waals surface area contributed by atoms with Crippen LogP contribution in [0.15, 0.2) is 28.1 Å². The number of hydrogen-bond acceptors (Lipinski definition) is 7. The first-order chi connectivity index (χ1) is 11.1. The molecule has 0 saturated heterocycles. The number of nitrogens with one attached hydrogen (secondary N) is 2. The van der Waals surface area contributed by atoms with Crippen LogP contribution in [0.2, 0.25) is 0 Å². The number of nitrogens with zero attached hydrogens (tertiary/aromatic N) is 3. The Morgan fingerprint density at radius 1 is 1.39 bits per heavy atom. The van der Waals surface area contributed by atoms with E-state index in [0.717, 1.165) is 12.0 Å². The summed E-state index contributed by atoms with van der Waals surface area (Å²) in [5.41, 5.74) is 3.52. The summed E-state index contributed by atoms with van der Waals surface area (Å²) >= 11 is 0. The van der Waals surface area contributed by atoms with Gasteiger partial charge in [-0.25, -0.2) is 9.89 Å². The van der Waals surface area contributed by atoms with E-state index in [1.165, 1.54) is 0 Å². The van der Waals surface area contributed by atoms with Gasteiger partial charge in [0.15, 0.2) is 17.3 Å². The smallest absolute Gasteiger partial charge is 0.363 e. The summed E-state index contributed by atoms with van der Waals surface area (Å²) in [4.78, 5) is 14.9. The van der Waals surface area contributed by atoms with Crippen LogP contribution < -0.4 is 20.6 Å². The van der Waals surface area contributed by atoms with Gasteiger partial charge in [0.1, 0.15) is 5.69 Å². The largest absolute Gasteiger partial charge is 0.493 e. The van der Waals surface area contributed by atoms with E-state index in [4.69, 9.17) is 9.47 Å². The molecule has 2 aromatic rings. The topological polar surface area (TPSA) is 101 Å². The monoisotopic (exact) mass is 317 g/mol. The second-order valence-electron chi connectivity index (χ2n) is 4.70. The number of aryl methyl sites for hydroxylation is 1. The summed E-state index contributed by atoms with van der Waals surface area (Å²) in [7, 11) is 1.59. The van der Waals surface area contributed by atoms with Crippen molar-refractivity contribution < 1.29 is 9.47 Å². The second kappa shape index (κ2) is 7.92. The molecule has 23 heavy (non-hydrogen) atoms. The number of ether oxygens (including phenoxy) is 2. The molecule has 8 nitrogen and oxygen atoms in total. The molecule has 0 aliphatic carbocycles. The van der Waals surface area contributed by atoms with Crippen LogP contribution in [-0.2, 0) is 0 Å². The summed E-state index contributed by atoms with van der Waals surface area (Å²) in [5, 5.41) is 10.1. The van der Waals surface area contributed by atoms with Crippen molar-refractivity contribution in [3.63, 3.8) is 0 Å². The Morgan fingerprint density at radius 3 is 2.96 bits per heavy atom. The first-order valence-corrected chi connectivity index (χ1v) is 7.17. The third-order valence-corrected chi connectivity index (χ3v) is 2.91. The number of hydrazone groups is 1. The number of rotatable bonds is 7. The van der Waals surface area contributed by atoms with Crippen LogP contribution in [-0.4, -0.2) is 35.1 Å². The molecule has 2 rings (SSSR count). The summed E-state index contributed by atoms with van der Waals surface area (Å²) in [6, 6.07) is 5.50. The highest BCUT2D eigenvalue weighted by Crippen LogP contribution is 2.27. The molecule has 2 N–H and O–H groups in total. The number of anilines is 1. The van der Waals surface area contributed by atoms with Crippen molar-refractivity contribution in [1.29, 1.82) is 0 Å². The molecule has 0 amide bonds. The summed E-state index contributed by atoms with van der Waals surface area (Å²) in [6.45, 7) is 4.38. The van der Waals surface area contributed by atoms with Gasteiger partial charge >= 0.3 is 5.69 Å². The lowest BCUT2D eigenvalue weighted by Crippen LogP contribution is -2.15. The lowest BCUT2D eigenvalue weighted by Gasteiger charge is -2.10. The van der Waals surface area contributed by atoms with Crippen LogP contribution in [0.5, 0.6) is 11.5 Å². The molecule has 0 unspecified atom stereocenters. The Morgan fingerprint density at radius 2 is 2.22 bits per heavy atom. The number of hydrogen-bond donors (Lipinski definition) is 2. The highest BCUT2D eigenvalue weighted by Gasteiger charge is 2.05. The fraction of sp³-hybridized carbons (Fsp3) is 0.333. The van der Waals surface area contributed by atoms with Crippen molar-refractivity contribution in [3.05, 3.63) is 39.9 Å². The van der Waals surface area contributed by atoms with Crippen molar-refractivity contribution in [3.8, 4) is 11.5 Å². The van der Waals surface area contributed by atoms with Gasteiger partial charge in [0.2, 0.25) is 0 Å². The maximum Gasteiger partial charge on any atom is 0.363 e. The van der Waals surface area contributed by atoms with E-state index in [1.807, 2.05) is 25.1 Å². The van der Waals surface area contributed by atoms with Crippen molar-refractivity contribution in [2.24, 2.45) is 5.10 Å². The number of benzene rings is 1. The van der Waals surface area contributed by atoms with Crippen molar-refractivity contribution in [2.45, 2.75) is 20.3 Å². The first kappa shape index (κ1) is 16.5. The third kappa shape index (κ3) is 4.53. The zero-order chi connectivity index (χ0) is 16.7. The van der Waals surface area contributed by atoms with Gasteiger partial charge in [0.25, 0.3) is 0 Å². The van der Waals surface area contributed by atoms with Crippen LogP contribution in [0, 0.1) is 6.92 Å². The Balaban J connectivity index is 2.10. The number of aromatic amines is 1. The molecule has 0 fully saturated rings. The van der Waals surface area contributed by atoms with Gasteiger partial charge < -0.3 is 9.47 Å². The van der Waals surface area contributed by atoms with E-state index >= 15 is 0 Å². The minimum atomic E-state index is -0.535. The van der Waals surface area contributed by atoms with Gasteiger partial charge in [0.05, 0.1) is 19.9 Å². The highest BCUT2D eigenvalue weighted by atomic mass is 16.5. The molecule has 1 heterocycles. The van der Waals surface area contributed by atoms with Crippen LogP contribution in [0.1, 0.15) is 24.6 Å². The quantitative estimate of drug-likeness (QED) is 0.595. The zero-order valence-electron chi connectivity index (χ0n) is 13.3. The minimum Gasteiger partial charge on any atom is -0.493 e. The van der Waals surface area contributed by atoms with Gasteiger partial charge in [-0.3, -0.25) is 5.43 Å². The van der Waals surface area contributed by atoms with Crippen molar-refractivity contribution in [2.75, 3.05) is 19.1 Å². The van der Waals surface area contributed by atoms with Crippen molar-refractivity contribution in [1.82, 2.24) is 15.2 Å². The van der Waals surface area contributed by atoms with Crippen LogP contribution in [0.25, 0.3) is 0 Å². The van der Waals surface area contributed by atoms with E-state index in [1.54, 1.807) is 20.2 Å². The van der Waals surface area contributed by atoms with Gasteiger partial charge in [-0.2, -0.15) is 15.2 Å². The molecule has 0 radical (unpaired) electrons. The summed E-state index contributed by atoms with van der Waals surface area (Å²) in [5.74, 6) is 1.63. The standard InChI is InChI=1S/C15H19N5O3/c1-4-7-23-12-6-5-11(8-13(12)22-3)9-16-19-14-10(2)18-20-15(21)17-14/h5-6,8-9H,4,7H2,1-3H3,(H2,17,19,20,21). The Labute approximate surface area is 133 Å². The SMILES string of the molecule is CCCOc1ccc(C=NNc2nc(=O)[nH]nc2C)cc1OC. The van der Waals surface area contributed by atoms with Crippen LogP contribution in [0.3, 0.4) is 0 Å². The molecule has 1 aromatic heterocycles. The number of aromatic nitrogens is 3. The third-order valence-electron chi connectivity index (χ3n) is 2.91. The average molecular weight is 317 g/mol. The maximum atomic E-state index is 11.1. The second-order valence-corrected chi connectivity index (χ2v) is 4.70. The molecule has 0 bridgehead atoms. The van der Waals surface area contributed by atoms with Crippen molar-refractivity contribution >= 4 is 12.0 Å². The predicted molar refractivity (Wildman–Crippen MR) is 87.4 cm³/mol. The normalized spacial score (nSPS) is 10.7. The highest BCUT2D eigenvalue weighted by molar-refractivity contribution is 5.81. The zero-order valence-corrected chi connectivity index (χ0v) is 13.3. The fourth-order valence-electron chi connectivity index (χ4n) is 1.76. The molecule has 0 saturated carbocycles. The molecule has 0 spiro atoms. The first-order valence-electron chi connectivity index (χ1n) is 7.17. The Bertz CT molecular complexity index is 742. The molecule has 0 atom stereocenters.